The lowest BCUT2D eigenvalue weighted by molar-refractivity contribution is -0.150. The number of likely N-dealkylation sites (N-methyl/N-ethyl adjacent to an activating group) is 1. The molecule has 1 rings (SSSR count). The van der Waals surface area contributed by atoms with Gasteiger partial charge in [-0.15, -0.1) is 0 Å². The minimum absolute atomic E-state index is 0.129. The molecule has 21 heavy (non-hydrogen) atoms. The monoisotopic (exact) mass is 298 g/mol. The first-order chi connectivity index (χ1) is 10.1. The molecule has 0 aromatic heterocycles. The lowest BCUT2D eigenvalue weighted by Gasteiger charge is -2.29. The highest BCUT2D eigenvalue weighted by atomic mass is 16.5. The van der Waals surface area contributed by atoms with Crippen LogP contribution in [-0.4, -0.2) is 49.2 Å². The number of carbonyl (C=O) groups is 1. The molecule has 0 aromatic rings. The van der Waals surface area contributed by atoms with Crippen LogP contribution in [0.4, 0.5) is 0 Å². The van der Waals surface area contributed by atoms with Gasteiger partial charge in [0.25, 0.3) is 0 Å². The van der Waals surface area contributed by atoms with Gasteiger partial charge in [0.05, 0.1) is 6.61 Å². The van der Waals surface area contributed by atoms with Crippen LogP contribution in [0.1, 0.15) is 65.7 Å². The van der Waals surface area contributed by atoms with Crippen molar-refractivity contribution in [3.8, 4) is 0 Å². The third-order valence-electron chi connectivity index (χ3n) is 4.90. The van der Waals surface area contributed by atoms with Crippen molar-refractivity contribution in [1.82, 2.24) is 10.2 Å². The van der Waals surface area contributed by atoms with Crippen molar-refractivity contribution < 1.29 is 9.53 Å². The second-order valence-corrected chi connectivity index (χ2v) is 6.33. The van der Waals surface area contributed by atoms with Crippen LogP contribution in [0.2, 0.25) is 0 Å². The van der Waals surface area contributed by atoms with Crippen molar-refractivity contribution in [2.75, 3.05) is 26.7 Å². The number of ether oxygens (including phenoxy) is 1. The van der Waals surface area contributed by atoms with E-state index < -0.39 is 5.54 Å². The summed E-state index contributed by atoms with van der Waals surface area (Å²) >= 11 is 0. The molecule has 0 heterocycles. The molecule has 0 aliphatic heterocycles. The van der Waals surface area contributed by atoms with Crippen molar-refractivity contribution in [3.05, 3.63) is 0 Å². The van der Waals surface area contributed by atoms with Crippen molar-refractivity contribution in [2.24, 2.45) is 0 Å². The van der Waals surface area contributed by atoms with Crippen LogP contribution in [0.15, 0.2) is 0 Å². The Hall–Kier alpha value is -0.610. The van der Waals surface area contributed by atoms with E-state index in [4.69, 9.17) is 4.74 Å². The first-order valence-corrected chi connectivity index (χ1v) is 8.67. The highest BCUT2D eigenvalue weighted by Crippen LogP contribution is 2.24. The van der Waals surface area contributed by atoms with Gasteiger partial charge in [0, 0.05) is 6.04 Å². The first-order valence-electron chi connectivity index (χ1n) is 8.67. The van der Waals surface area contributed by atoms with E-state index in [2.05, 4.69) is 17.1 Å². The van der Waals surface area contributed by atoms with E-state index >= 15 is 0 Å². The lowest BCUT2D eigenvalue weighted by Crippen LogP contribution is -2.48. The summed E-state index contributed by atoms with van der Waals surface area (Å²) < 4.78 is 5.17. The van der Waals surface area contributed by atoms with Gasteiger partial charge in [-0.05, 0) is 66.1 Å². The largest absolute Gasteiger partial charge is 0.465 e. The summed E-state index contributed by atoms with van der Waals surface area (Å²) in [6, 6.07) is 0.802. The third kappa shape index (κ3) is 5.59. The second kappa shape index (κ2) is 9.42. The van der Waals surface area contributed by atoms with E-state index in [1.54, 1.807) is 0 Å². The number of nitrogens with one attached hydrogen (secondary N) is 1. The molecule has 1 saturated carbocycles. The fourth-order valence-corrected chi connectivity index (χ4v) is 3.28. The number of hydrogen-bond donors (Lipinski definition) is 1. The maximum absolute atomic E-state index is 12.0. The van der Waals surface area contributed by atoms with Gasteiger partial charge in [-0.1, -0.05) is 19.8 Å². The zero-order valence-corrected chi connectivity index (χ0v) is 14.4. The number of esters is 1. The van der Waals surface area contributed by atoms with Crippen LogP contribution >= 0.6 is 0 Å². The molecule has 124 valence electrons. The predicted molar refractivity (Wildman–Crippen MR) is 87.5 cm³/mol. The maximum Gasteiger partial charge on any atom is 0.326 e. The molecule has 0 saturated heterocycles. The molecule has 0 radical (unpaired) electrons. The first kappa shape index (κ1) is 18.4. The van der Waals surface area contributed by atoms with Gasteiger partial charge < -0.3 is 15.0 Å². The van der Waals surface area contributed by atoms with Gasteiger partial charge >= 0.3 is 5.97 Å². The summed E-state index contributed by atoms with van der Waals surface area (Å²) in [5.41, 5.74) is -0.541. The van der Waals surface area contributed by atoms with Gasteiger partial charge in [0.15, 0.2) is 0 Å². The van der Waals surface area contributed by atoms with Gasteiger partial charge in [-0.3, -0.25) is 4.79 Å². The van der Waals surface area contributed by atoms with Gasteiger partial charge in [-0.25, -0.2) is 0 Å². The fourth-order valence-electron chi connectivity index (χ4n) is 3.28. The SMILES string of the molecule is CCOC(=O)C(C)(CCCCN(CC)C1CCCC1)NC. The smallest absolute Gasteiger partial charge is 0.326 e. The van der Waals surface area contributed by atoms with E-state index in [9.17, 15) is 4.79 Å². The van der Waals surface area contributed by atoms with E-state index in [1.807, 2.05) is 20.9 Å². The molecule has 0 aromatic carbocycles. The molecule has 0 spiro atoms. The van der Waals surface area contributed by atoms with Crippen LogP contribution in [0.5, 0.6) is 0 Å². The Balaban J connectivity index is 2.31. The Kier molecular flexibility index (Phi) is 8.27. The second-order valence-electron chi connectivity index (χ2n) is 6.33. The van der Waals surface area contributed by atoms with Crippen molar-refractivity contribution in [3.63, 3.8) is 0 Å². The molecule has 1 atom stereocenters. The Labute approximate surface area is 130 Å². The normalized spacial score (nSPS) is 18.9. The highest BCUT2D eigenvalue weighted by molar-refractivity contribution is 5.80. The highest BCUT2D eigenvalue weighted by Gasteiger charge is 2.32. The topological polar surface area (TPSA) is 41.6 Å². The molecule has 0 bridgehead atoms. The Morgan fingerprint density at radius 1 is 1.29 bits per heavy atom. The average molecular weight is 298 g/mol. The summed E-state index contributed by atoms with van der Waals surface area (Å²) in [4.78, 5) is 14.6. The van der Waals surface area contributed by atoms with Gasteiger partial charge in [0.1, 0.15) is 5.54 Å². The number of hydrogen-bond acceptors (Lipinski definition) is 4. The fraction of sp³-hybridized carbons (Fsp3) is 0.941. The number of nitrogens with zero attached hydrogens (tertiary/aromatic N) is 1. The quantitative estimate of drug-likeness (QED) is 0.497. The standard InChI is InChI=1S/C17H34N2O2/c1-5-19(15-11-7-8-12-15)14-10-9-13-17(3,18-4)16(20)21-6-2/h15,18H,5-14H2,1-4H3. The Morgan fingerprint density at radius 2 is 1.95 bits per heavy atom. The van der Waals surface area contributed by atoms with Gasteiger partial charge in [-0.2, -0.15) is 0 Å². The molecular weight excluding hydrogens is 264 g/mol. The average Bonchev–Trinajstić information content (AvgIpc) is 3.01. The zero-order valence-electron chi connectivity index (χ0n) is 14.4. The summed E-state index contributed by atoms with van der Waals surface area (Å²) in [7, 11) is 1.84. The van der Waals surface area contributed by atoms with Crippen LogP contribution < -0.4 is 5.32 Å². The van der Waals surface area contributed by atoms with Crippen LogP contribution in [-0.2, 0) is 9.53 Å². The van der Waals surface area contributed by atoms with Crippen molar-refractivity contribution in [1.29, 1.82) is 0 Å². The Bertz CT molecular complexity index is 303. The summed E-state index contributed by atoms with van der Waals surface area (Å²) in [5, 5.41) is 3.13. The number of unbranched alkanes of at least 4 members (excludes halogenated alkanes) is 1. The van der Waals surface area contributed by atoms with E-state index in [1.165, 1.54) is 25.7 Å². The van der Waals surface area contributed by atoms with Crippen molar-refractivity contribution >= 4 is 5.97 Å². The predicted octanol–water partition coefficient (Wildman–Crippen LogP) is 2.96. The number of carbonyl (C=O) groups excluding carboxylic acids is 1. The van der Waals surface area contributed by atoms with Crippen LogP contribution in [0.3, 0.4) is 0 Å². The molecule has 4 nitrogen and oxygen atoms in total. The third-order valence-corrected chi connectivity index (χ3v) is 4.90. The summed E-state index contributed by atoms with van der Waals surface area (Å²) in [6.07, 6.45) is 8.56. The molecule has 0 amide bonds. The maximum atomic E-state index is 12.0. The minimum Gasteiger partial charge on any atom is -0.465 e. The molecular formula is C17H34N2O2. The number of rotatable bonds is 10. The molecule has 1 aliphatic rings. The van der Waals surface area contributed by atoms with Crippen LogP contribution in [0, 0.1) is 0 Å². The van der Waals surface area contributed by atoms with Crippen molar-refractivity contribution in [2.45, 2.75) is 77.3 Å². The van der Waals surface area contributed by atoms with Gasteiger partial charge in [0.2, 0.25) is 0 Å². The minimum atomic E-state index is -0.541. The zero-order chi connectivity index (χ0) is 15.7. The van der Waals surface area contributed by atoms with E-state index in [0.29, 0.717) is 6.61 Å². The van der Waals surface area contributed by atoms with E-state index in [-0.39, 0.29) is 5.97 Å². The molecule has 1 unspecified atom stereocenters. The lowest BCUT2D eigenvalue weighted by atomic mass is 9.95. The Morgan fingerprint density at radius 3 is 2.48 bits per heavy atom. The molecule has 1 fully saturated rings. The van der Waals surface area contributed by atoms with Crippen LogP contribution in [0.25, 0.3) is 0 Å². The molecule has 1 aliphatic carbocycles. The van der Waals surface area contributed by atoms with E-state index in [0.717, 1.165) is 38.4 Å². The summed E-state index contributed by atoms with van der Waals surface area (Å²) in [5.74, 6) is -0.129. The summed E-state index contributed by atoms with van der Waals surface area (Å²) in [6.45, 7) is 8.81. The molecule has 1 N–H and O–H groups in total. The molecule has 4 heteroatoms.